The Morgan fingerprint density at radius 1 is 1.00 bits per heavy atom. The van der Waals surface area contributed by atoms with Crippen molar-refractivity contribution in [2.45, 2.75) is 38.5 Å². The third kappa shape index (κ3) is 1.36. The second-order valence-corrected chi connectivity index (χ2v) is 5.66. The maximum Gasteiger partial charge on any atom is 0.312 e. The van der Waals surface area contributed by atoms with Crippen molar-refractivity contribution in [1.82, 2.24) is 4.90 Å². The summed E-state index contributed by atoms with van der Waals surface area (Å²) in [7, 11) is 1.43. The van der Waals surface area contributed by atoms with E-state index in [4.69, 9.17) is 4.74 Å². The predicted molar refractivity (Wildman–Crippen MR) is 61.2 cm³/mol. The second kappa shape index (κ2) is 3.47. The van der Waals surface area contributed by atoms with Gasteiger partial charge >= 0.3 is 5.97 Å². The molecule has 0 spiro atoms. The Morgan fingerprint density at radius 3 is 1.94 bits per heavy atom. The lowest BCUT2D eigenvalue weighted by molar-refractivity contribution is -0.156. The fraction of sp³-hybridized carbons (Fsp3) is 0.846. The average molecular weight is 237 g/mol. The van der Waals surface area contributed by atoms with E-state index in [0.29, 0.717) is 0 Å². The number of esters is 1. The van der Waals surface area contributed by atoms with Crippen molar-refractivity contribution in [2.75, 3.05) is 20.2 Å². The molecule has 17 heavy (non-hydrogen) atoms. The van der Waals surface area contributed by atoms with Gasteiger partial charge in [-0.1, -0.05) is 0 Å². The number of likely N-dealkylation sites (tertiary alicyclic amines) is 1. The Bertz CT molecular complexity index is 363. The topological polar surface area (TPSA) is 46.6 Å². The quantitative estimate of drug-likeness (QED) is 0.696. The first-order chi connectivity index (χ1) is 8.16. The normalized spacial score (nSPS) is 27.7. The van der Waals surface area contributed by atoms with Gasteiger partial charge in [0.15, 0.2) is 0 Å². The van der Waals surface area contributed by atoms with Crippen molar-refractivity contribution in [3.63, 3.8) is 0 Å². The molecule has 0 radical (unpaired) electrons. The SMILES string of the molecule is COC(=O)C1(C2(C(=O)N3CCCC3)CC2)CC1. The molecule has 0 aromatic carbocycles. The molecule has 1 aliphatic heterocycles. The van der Waals surface area contributed by atoms with E-state index in [0.717, 1.165) is 51.6 Å². The molecular formula is C13H19NO3. The van der Waals surface area contributed by atoms with Gasteiger partial charge in [0.1, 0.15) is 0 Å². The summed E-state index contributed by atoms with van der Waals surface area (Å²) in [4.78, 5) is 26.4. The van der Waals surface area contributed by atoms with Crippen molar-refractivity contribution in [3.8, 4) is 0 Å². The Kier molecular flexibility index (Phi) is 2.25. The van der Waals surface area contributed by atoms with E-state index in [-0.39, 0.29) is 17.3 Å². The maximum absolute atomic E-state index is 12.6. The Morgan fingerprint density at radius 2 is 1.53 bits per heavy atom. The van der Waals surface area contributed by atoms with Crippen LogP contribution in [0.3, 0.4) is 0 Å². The van der Waals surface area contributed by atoms with Crippen LogP contribution in [0.5, 0.6) is 0 Å². The molecule has 94 valence electrons. The molecule has 1 saturated heterocycles. The number of amides is 1. The number of hydrogen-bond acceptors (Lipinski definition) is 3. The van der Waals surface area contributed by atoms with Gasteiger partial charge in [0.05, 0.1) is 17.9 Å². The summed E-state index contributed by atoms with van der Waals surface area (Å²) in [5.41, 5.74) is -0.841. The van der Waals surface area contributed by atoms with Crippen LogP contribution in [0.15, 0.2) is 0 Å². The minimum absolute atomic E-state index is 0.164. The molecule has 0 atom stereocenters. The van der Waals surface area contributed by atoms with Gasteiger partial charge in [0.25, 0.3) is 0 Å². The molecule has 1 heterocycles. The lowest BCUT2D eigenvalue weighted by atomic mass is 9.84. The van der Waals surface area contributed by atoms with Crippen molar-refractivity contribution in [3.05, 3.63) is 0 Å². The first-order valence-electron chi connectivity index (χ1n) is 6.54. The molecule has 0 aromatic heterocycles. The minimum atomic E-state index is -0.457. The number of rotatable bonds is 3. The van der Waals surface area contributed by atoms with Crippen molar-refractivity contribution >= 4 is 11.9 Å². The molecule has 1 amide bonds. The Balaban J connectivity index is 1.82. The summed E-state index contributed by atoms with van der Waals surface area (Å²) >= 11 is 0. The summed E-state index contributed by atoms with van der Waals surface area (Å²) in [5, 5.41) is 0. The zero-order valence-corrected chi connectivity index (χ0v) is 10.3. The number of ether oxygens (including phenoxy) is 1. The van der Waals surface area contributed by atoms with E-state index in [1.54, 1.807) is 0 Å². The van der Waals surface area contributed by atoms with Crippen LogP contribution in [0.1, 0.15) is 38.5 Å². The summed E-state index contributed by atoms with van der Waals surface area (Å²) in [6.45, 7) is 1.75. The predicted octanol–water partition coefficient (Wildman–Crippen LogP) is 1.34. The van der Waals surface area contributed by atoms with E-state index in [2.05, 4.69) is 0 Å². The smallest absolute Gasteiger partial charge is 0.312 e. The summed E-state index contributed by atoms with van der Waals surface area (Å²) in [6.07, 6.45) is 5.62. The third-order valence-electron chi connectivity index (χ3n) is 4.79. The molecule has 3 rings (SSSR count). The molecular weight excluding hydrogens is 218 g/mol. The molecule has 0 aromatic rings. The van der Waals surface area contributed by atoms with Crippen LogP contribution in [-0.4, -0.2) is 37.0 Å². The van der Waals surface area contributed by atoms with Gasteiger partial charge in [-0.25, -0.2) is 0 Å². The first-order valence-corrected chi connectivity index (χ1v) is 6.54. The van der Waals surface area contributed by atoms with Gasteiger partial charge < -0.3 is 9.64 Å². The van der Waals surface area contributed by atoms with E-state index in [1.165, 1.54) is 7.11 Å². The highest BCUT2D eigenvalue weighted by Crippen LogP contribution is 2.71. The number of nitrogens with zero attached hydrogens (tertiary/aromatic N) is 1. The molecule has 3 aliphatic rings. The number of hydrogen-bond donors (Lipinski definition) is 0. The lowest BCUT2D eigenvalue weighted by Gasteiger charge is -2.28. The van der Waals surface area contributed by atoms with Gasteiger partial charge in [0.2, 0.25) is 5.91 Å². The average Bonchev–Trinajstić information content (AvgIpc) is 3.24. The molecule has 4 nitrogen and oxygen atoms in total. The van der Waals surface area contributed by atoms with Crippen molar-refractivity contribution in [2.24, 2.45) is 10.8 Å². The van der Waals surface area contributed by atoms with Gasteiger partial charge in [-0.15, -0.1) is 0 Å². The van der Waals surface area contributed by atoms with Crippen LogP contribution >= 0.6 is 0 Å². The molecule has 4 heteroatoms. The van der Waals surface area contributed by atoms with Crippen LogP contribution in [-0.2, 0) is 14.3 Å². The summed E-state index contributed by atoms with van der Waals surface area (Å²) < 4.78 is 4.91. The van der Waals surface area contributed by atoms with Gasteiger partial charge in [0, 0.05) is 13.1 Å². The Labute approximate surface area is 101 Å². The Hall–Kier alpha value is -1.06. The van der Waals surface area contributed by atoms with E-state index < -0.39 is 5.41 Å². The van der Waals surface area contributed by atoms with Crippen molar-refractivity contribution < 1.29 is 14.3 Å². The van der Waals surface area contributed by atoms with E-state index >= 15 is 0 Å². The standard InChI is InChI=1S/C13H19NO3/c1-17-11(16)13(6-7-13)12(4-5-12)10(15)14-8-2-3-9-14/h2-9H2,1H3. The minimum Gasteiger partial charge on any atom is -0.469 e. The molecule has 0 unspecified atom stereocenters. The van der Waals surface area contributed by atoms with E-state index in [9.17, 15) is 9.59 Å². The monoisotopic (exact) mass is 237 g/mol. The van der Waals surface area contributed by atoms with Gasteiger partial charge in [-0.3, -0.25) is 9.59 Å². The summed E-state index contributed by atoms with van der Waals surface area (Å²) in [5.74, 6) is 0.0560. The van der Waals surface area contributed by atoms with Crippen LogP contribution in [0.4, 0.5) is 0 Å². The molecule has 2 saturated carbocycles. The second-order valence-electron chi connectivity index (χ2n) is 5.66. The van der Waals surface area contributed by atoms with Crippen molar-refractivity contribution in [1.29, 1.82) is 0 Å². The first kappa shape index (κ1) is 11.1. The fourth-order valence-electron chi connectivity index (χ4n) is 3.44. The number of methoxy groups -OCH3 is 1. The lowest BCUT2D eigenvalue weighted by Crippen LogP contribution is -2.42. The molecule has 0 bridgehead atoms. The highest BCUT2D eigenvalue weighted by molar-refractivity contribution is 5.95. The summed E-state index contributed by atoms with van der Waals surface area (Å²) in [6, 6.07) is 0. The third-order valence-corrected chi connectivity index (χ3v) is 4.79. The van der Waals surface area contributed by atoms with Crippen LogP contribution in [0, 0.1) is 10.8 Å². The van der Waals surface area contributed by atoms with Crippen LogP contribution < -0.4 is 0 Å². The molecule has 0 N–H and O–H groups in total. The zero-order valence-electron chi connectivity index (χ0n) is 10.3. The van der Waals surface area contributed by atoms with Crippen LogP contribution in [0.2, 0.25) is 0 Å². The largest absolute Gasteiger partial charge is 0.469 e. The highest BCUT2D eigenvalue weighted by Gasteiger charge is 2.74. The van der Waals surface area contributed by atoms with Gasteiger partial charge in [-0.05, 0) is 38.5 Å². The van der Waals surface area contributed by atoms with Crippen LogP contribution in [0.25, 0.3) is 0 Å². The van der Waals surface area contributed by atoms with Gasteiger partial charge in [-0.2, -0.15) is 0 Å². The fourth-order valence-corrected chi connectivity index (χ4v) is 3.44. The maximum atomic E-state index is 12.6. The highest BCUT2D eigenvalue weighted by atomic mass is 16.5. The molecule has 3 fully saturated rings. The zero-order chi connectivity index (χ0) is 12.1. The molecule has 2 aliphatic carbocycles. The van der Waals surface area contributed by atoms with E-state index in [1.807, 2.05) is 4.90 Å². The number of carbonyl (C=O) groups is 2. The number of carbonyl (C=O) groups excluding carboxylic acids is 2.